The van der Waals surface area contributed by atoms with E-state index >= 15 is 0 Å². The van der Waals surface area contributed by atoms with Crippen molar-refractivity contribution in [1.82, 2.24) is 4.90 Å². The number of thiocarbonyl (C=S) groups is 1. The second-order valence-corrected chi connectivity index (χ2v) is 4.99. The molecule has 0 rings (SSSR count). The molecule has 1 nitrogen and oxygen atoms in total. The average Bonchev–Trinajstić information content (AvgIpc) is 1.83. The third-order valence-corrected chi connectivity index (χ3v) is 1.95. The van der Waals surface area contributed by atoms with Gasteiger partial charge in [0.05, 0.1) is 0 Å². The molecule has 0 aliphatic carbocycles. The molecular weight excluding hydrogens is 209 g/mol. The maximum atomic E-state index is 4.99. The van der Waals surface area contributed by atoms with E-state index in [-0.39, 0.29) is 29.6 Å². The van der Waals surface area contributed by atoms with E-state index in [0.717, 1.165) is 13.1 Å². The van der Waals surface area contributed by atoms with Crippen LogP contribution in [0, 0.1) is 11.8 Å². The summed E-state index contributed by atoms with van der Waals surface area (Å²) in [5.41, 5.74) is 0. The van der Waals surface area contributed by atoms with Crippen LogP contribution in [0.5, 0.6) is 0 Å². The first kappa shape index (κ1) is 16.5. The minimum absolute atomic E-state index is 0. The molecule has 13 heavy (non-hydrogen) atoms. The molecule has 72 valence electrons. The van der Waals surface area contributed by atoms with E-state index in [0.29, 0.717) is 16.2 Å². The molecule has 0 aromatic carbocycles. The van der Waals surface area contributed by atoms with Gasteiger partial charge in [0, 0.05) is 13.1 Å². The zero-order valence-corrected chi connectivity index (χ0v) is 13.0. The molecule has 4 heteroatoms. The average molecular weight is 227 g/mol. The normalized spacial score (nSPS) is 10.0. The fraction of sp³-hybridized carbons (Fsp3) is 0.889. The Balaban J connectivity index is 0. The van der Waals surface area contributed by atoms with Crippen molar-refractivity contribution < 1.29 is 29.6 Å². The van der Waals surface area contributed by atoms with Crippen LogP contribution in [0.15, 0.2) is 0 Å². The second kappa shape index (κ2) is 8.42. The molecule has 0 radical (unpaired) electrons. The Hall–Kier alpha value is 1.11. The predicted molar refractivity (Wildman–Crippen MR) is 61.2 cm³/mol. The molecule has 0 N–H and O–H groups in total. The zero-order chi connectivity index (χ0) is 9.72. The summed E-state index contributed by atoms with van der Waals surface area (Å²) in [6, 6.07) is 0. The molecule has 0 saturated carbocycles. The molecule has 0 amide bonds. The molecule has 0 heterocycles. The molecule has 0 unspecified atom stereocenters. The van der Waals surface area contributed by atoms with E-state index in [1.165, 1.54) is 0 Å². The van der Waals surface area contributed by atoms with E-state index in [1.54, 1.807) is 0 Å². The topological polar surface area (TPSA) is 3.24 Å². The van der Waals surface area contributed by atoms with Crippen molar-refractivity contribution in [2.24, 2.45) is 11.8 Å². The molecule has 0 aliphatic rings. The van der Waals surface area contributed by atoms with Gasteiger partial charge in [-0.2, -0.15) is 0 Å². The van der Waals surface area contributed by atoms with Crippen molar-refractivity contribution in [2.45, 2.75) is 27.7 Å². The number of nitrogens with zero attached hydrogens (tertiary/aromatic N) is 1. The van der Waals surface area contributed by atoms with Crippen LogP contribution in [0.2, 0.25) is 0 Å². The van der Waals surface area contributed by atoms with Gasteiger partial charge in [-0.05, 0) is 11.8 Å². The largest absolute Gasteiger partial charge is 1.00 e. The predicted octanol–water partition coefficient (Wildman–Crippen LogP) is -0.564. The molecule has 0 spiro atoms. The van der Waals surface area contributed by atoms with Crippen molar-refractivity contribution in [3.63, 3.8) is 0 Å². The van der Waals surface area contributed by atoms with Crippen molar-refractivity contribution in [1.29, 1.82) is 0 Å². The standard InChI is InChI=1S/C9H19NS2.Na/c1-7(2)5-10(9(11)12)6-8(3)4;/h7-8H,5-6H2,1-4H3,(H,11,12);/q;+1/p-1. The Morgan fingerprint density at radius 3 is 1.62 bits per heavy atom. The number of hydrogen-bond acceptors (Lipinski definition) is 2. The van der Waals surface area contributed by atoms with Gasteiger partial charge in [0.1, 0.15) is 0 Å². The Morgan fingerprint density at radius 1 is 1.15 bits per heavy atom. The van der Waals surface area contributed by atoms with Gasteiger partial charge in [-0.3, -0.25) is 0 Å². The summed E-state index contributed by atoms with van der Waals surface area (Å²) in [5.74, 6) is 1.26. The van der Waals surface area contributed by atoms with Gasteiger partial charge in [-0.15, -0.1) is 0 Å². The molecule has 0 bridgehead atoms. The van der Waals surface area contributed by atoms with Crippen molar-refractivity contribution in [3.05, 3.63) is 0 Å². The first-order valence-electron chi connectivity index (χ1n) is 4.39. The van der Waals surface area contributed by atoms with E-state index in [2.05, 4.69) is 32.6 Å². The Labute approximate surface area is 115 Å². The van der Waals surface area contributed by atoms with Crippen LogP contribution in [0.1, 0.15) is 27.7 Å². The van der Waals surface area contributed by atoms with Gasteiger partial charge in [0.15, 0.2) is 0 Å². The summed E-state index contributed by atoms with van der Waals surface area (Å²) < 4.78 is 0.609. The van der Waals surface area contributed by atoms with Crippen LogP contribution >= 0.6 is 12.2 Å². The summed E-state index contributed by atoms with van der Waals surface area (Å²) in [7, 11) is 0. The number of hydrogen-bond donors (Lipinski definition) is 0. The SMILES string of the molecule is CC(C)CN(CC(C)C)C(=S)[S-].[Na+]. The third kappa shape index (κ3) is 9.42. The molecule has 0 atom stereocenters. The summed E-state index contributed by atoms with van der Waals surface area (Å²) in [5, 5.41) is 0. The molecular formula is C9H18NNaS2. The first-order chi connectivity index (χ1) is 5.43. The minimum atomic E-state index is 0. The smallest absolute Gasteiger partial charge is 0.411 e. The molecule has 0 fully saturated rings. The number of rotatable bonds is 4. The van der Waals surface area contributed by atoms with Gasteiger partial charge in [0.25, 0.3) is 0 Å². The quantitative estimate of drug-likeness (QED) is 0.360. The first-order valence-corrected chi connectivity index (χ1v) is 5.21. The van der Waals surface area contributed by atoms with Gasteiger partial charge < -0.3 is 29.7 Å². The van der Waals surface area contributed by atoms with Gasteiger partial charge in [-0.1, -0.05) is 32.0 Å². The summed E-state index contributed by atoms with van der Waals surface area (Å²) in [6.45, 7) is 10.7. The van der Waals surface area contributed by atoms with Crippen molar-refractivity contribution in [2.75, 3.05) is 13.1 Å². The van der Waals surface area contributed by atoms with E-state index < -0.39 is 0 Å². The van der Waals surface area contributed by atoms with Gasteiger partial charge in [0.2, 0.25) is 0 Å². The maximum absolute atomic E-state index is 4.99. The van der Waals surface area contributed by atoms with Crippen LogP contribution in [0.25, 0.3) is 0 Å². The van der Waals surface area contributed by atoms with Gasteiger partial charge >= 0.3 is 29.6 Å². The Morgan fingerprint density at radius 2 is 1.46 bits per heavy atom. The maximum Gasteiger partial charge on any atom is 1.00 e. The summed E-state index contributed by atoms with van der Waals surface area (Å²) in [6.07, 6.45) is 0. The van der Waals surface area contributed by atoms with Gasteiger partial charge in [-0.25, -0.2) is 0 Å². The Kier molecular flexibility index (Phi) is 10.7. The molecule has 0 saturated heterocycles. The second-order valence-electron chi connectivity index (χ2n) is 3.96. The van der Waals surface area contributed by atoms with Crippen LogP contribution < -0.4 is 29.6 Å². The van der Waals surface area contributed by atoms with Crippen LogP contribution in [-0.2, 0) is 12.6 Å². The fourth-order valence-corrected chi connectivity index (χ4v) is 1.40. The molecule has 0 aliphatic heterocycles. The van der Waals surface area contributed by atoms with Crippen LogP contribution in [-0.4, -0.2) is 22.3 Å². The van der Waals surface area contributed by atoms with Crippen LogP contribution in [0.3, 0.4) is 0 Å². The summed E-state index contributed by atoms with van der Waals surface area (Å²) >= 11 is 9.99. The van der Waals surface area contributed by atoms with E-state index in [4.69, 9.17) is 24.8 Å². The van der Waals surface area contributed by atoms with E-state index in [1.807, 2.05) is 0 Å². The Bertz CT molecular complexity index is 139. The summed E-state index contributed by atoms with van der Waals surface area (Å²) in [4.78, 5) is 2.11. The monoisotopic (exact) mass is 227 g/mol. The third-order valence-electron chi connectivity index (χ3n) is 1.43. The van der Waals surface area contributed by atoms with Crippen molar-refractivity contribution >= 4 is 29.2 Å². The molecule has 0 aromatic heterocycles. The van der Waals surface area contributed by atoms with Crippen LogP contribution in [0.4, 0.5) is 0 Å². The zero-order valence-electron chi connectivity index (χ0n) is 9.33. The molecule has 0 aromatic rings. The van der Waals surface area contributed by atoms with E-state index in [9.17, 15) is 0 Å². The minimum Gasteiger partial charge on any atom is -0.411 e. The van der Waals surface area contributed by atoms with Crippen molar-refractivity contribution in [3.8, 4) is 0 Å². The fourth-order valence-electron chi connectivity index (χ4n) is 1.11.